The van der Waals surface area contributed by atoms with Crippen LogP contribution in [0.5, 0.6) is 17.2 Å². The SMILES string of the molecule is CC1(C)Oc2ccc(CC(=O)c3ccc4c(c3)OC(F)(F)O4)cc2C2(COC(N)=N2)C12COC2. The summed E-state index contributed by atoms with van der Waals surface area (Å²) < 4.78 is 53.1. The Morgan fingerprint density at radius 1 is 1.00 bits per heavy atom. The Balaban J connectivity index is 1.35. The largest absolute Gasteiger partial charge is 0.586 e. The van der Waals surface area contributed by atoms with Crippen molar-refractivity contribution in [1.82, 2.24) is 0 Å². The number of ketones is 1. The Morgan fingerprint density at radius 3 is 2.41 bits per heavy atom. The molecule has 4 heterocycles. The predicted molar refractivity (Wildman–Crippen MR) is 114 cm³/mol. The van der Waals surface area contributed by atoms with Crippen molar-refractivity contribution in [3.63, 3.8) is 0 Å². The van der Waals surface area contributed by atoms with Crippen LogP contribution in [0.15, 0.2) is 41.4 Å². The fourth-order valence-electron chi connectivity index (χ4n) is 5.34. The van der Waals surface area contributed by atoms with Gasteiger partial charge in [0, 0.05) is 17.5 Å². The van der Waals surface area contributed by atoms with Crippen LogP contribution in [0.3, 0.4) is 0 Å². The highest BCUT2D eigenvalue weighted by Gasteiger charge is 2.71. The number of alkyl halides is 2. The zero-order chi connectivity index (χ0) is 23.9. The number of nitrogens with two attached hydrogens (primary N) is 1. The number of nitrogens with zero attached hydrogens (tertiary/aromatic N) is 1. The third kappa shape index (κ3) is 2.78. The van der Waals surface area contributed by atoms with Crippen molar-refractivity contribution in [3.8, 4) is 17.2 Å². The quantitative estimate of drug-likeness (QED) is 0.685. The van der Waals surface area contributed by atoms with Gasteiger partial charge in [-0.25, -0.2) is 4.99 Å². The first-order valence-electron chi connectivity index (χ1n) is 10.9. The summed E-state index contributed by atoms with van der Waals surface area (Å²) in [5, 5.41) is 0. The second kappa shape index (κ2) is 6.59. The van der Waals surface area contributed by atoms with Crippen molar-refractivity contribution in [3.05, 3.63) is 53.1 Å². The molecule has 1 atom stereocenters. The molecule has 0 aromatic heterocycles. The summed E-state index contributed by atoms with van der Waals surface area (Å²) in [5.74, 6) is 0.101. The third-order valence-corrected chi connectivity index (χ3v) is 7.31. The van der Waals surface area contributed by atoms with Crippen LogP contribution in [0.2, 0.25) is 0 Å². The van der Waals surface area contributed by atoms with Crippen molar-refractivity contribution < 1.29 is 37.3 Å². The van der Waals surface area contributed by atoms with Gasteiger partial charge in [-0.1, -0.05) is 6.07 Å². The highest BCUT2D eigenvalue weighted by atomic mass is 19.3. The normalized spacial score (nSPS) is 26.3. The van der Waals surface area contributed by atoms with E-state index in [2.05, 4.69) is 9.47 Å². The van der Waals surface area contributed by atoms with Gasteiger partial charge in [0.15, 0.2) is 17.3 Å². The van der Waals surface area contributed by atoms with Gasteiger partial charge in [-0.05, 0) is 49.7 Å². The molecule has 1 unspecified atom stereocenters. The maximum absolute atomic E-state index is 13.3. The number of amidine groups is 1. The molecule has 1 saturated heterocycles. The highest BCUT2D eigenvalue weighted by Crippen LogP contribution is 2.62. The Labute approximate surface area is 193 Å². The molecule has 0 radical (unpaired) electrons. The van der Waals surface area contributed by atoms with Gasteiger partial charge in [-0.3, -0.25) is 4.79 Å². The van der Waals surface area contributed by atoms with Crippen LogP contribution in [-0.4, -0.2) is 43.5 Å². The number of halogens is 2. The Morgan fingerprint density at radius 2 is 1.74 bits per heavy atom. The van der Waals surface area contributed by atoms with Crippen molar-refractivity contribution in [1.29, 1.82) is 0 Å². The molecule has 0 aliphatic carbocycles. The van der Waals surface area contributed by atoms with Crippen molar-refractivity contribution in [2.75, 3.05) is 19.8 Å². The van der Waals surface area contributed by atoms with E-state index in [1.54, 1.807) is 6.07 Å². The first-order valence-corrected chi connectivity index (χ1v) is 10.9. The van der Waals surface area contributed by atoms with Gasteiger partial charge >= 0.3 is 6.29 Å². The number of fused-ring (bicyclic) bond motifs is 4. The van der Waals surface area contributed by atoms with E-state index in [0.717, 1.165) is 5.56 Å². The van der Waals surface area contributed by atoms with E-state index in [4.69, 9.17) is 24.9 Å². The molecule has 4 aliphatic rings. The van der Waals surface area contributed by atoms with E-state index in [1.165, 1.54) is 18.2 Å². The molecule has 4 aliphatic heterocycles. The number of hydrogen-bond donors (Lipinski definition) is 1. The Kier molecular flexibility index (Phi) is 4.10. The third-order valence-electron chi connectivity index (χ3n) is 7.31. The first-order chi connectivity index (χ1) is 16.0. The molecule has 2 spiro atoms. The number of aliphatic imine (C=N–C) groups is 1. The highest BCUT2D eigenvalue weighted by molar-refractivity contribution is 5.98. The van der Waals surface area contributed by atoms with Crippen LogP contribution >= 0.6 is 0 Å². The smallest absolute Gasteiger partial charge is 0.487 e. The summed E-state index contributed by atoms with van der Waals surface area (Å²) in [6.45, 7) is 5.13. The van der Waals surface area contributed by atoms with Crippen LogP contribution in [0.25, 0.3) is 0 Å². The summed E-state index contributed by atoms with van der Waals surface area (Å²) in [5.41, 5.74) is 5.80. The summed E-state index contributed by atoms with van der Waals surface area (Å²) in [6, 6.07) is 9.62. The van der Waals surface area contributed by atoms with Gasteiger partial charge in [0.25, 0.3) is 6.02 Å². The molecular weight excluding hydrogens is 450 g/mol. The number of rotatable bonds is 3. The minimum absolute atomic E-state index is 0.0341. The summed E-state index contributed by atoms with van der Waals surface area (Å²) in [7, 11) is 0. The zero-order valence-electron chi connectivity index (χ0n) is 18.5. The molecular formula is C24H22F2N2O6. The van der Waals surface area contributed by atoms with Crippen molar-refractivity contribution >= 4 is 11.8 Å². The van der Waals surface area contributed by atoms with Gasteiger partial charge in [0.2, 0.25) is 0 Å². The van der Waals surface area contributed by atoms with Crippen LogP contribution in [0.4, 0.5) is 8.78 Å². The molecule has 2 aromatic carbocycles. The maximum atomic E-state index is 13.3. The minimum Gasteiger partial charge on any atom is -0.487 e. The van der Waals surface area contributed by atoms with E-state index < -0.39 is 22.8 Å². The van der Waals surface area contributed by atoms with E-state index in [-0.39, 0.29) is 41.9 Å². The number of carbonyl (C=O) groups excluding carboxylic acids is 1. The predicted octanol–water partition coefficient (Wildman–Crippen LogP) is 3.16. The standard InChI is InChI=1S/C24H22F2N2O6/c1-21(2)22(10-30-11-22)23(12-31-20(27)28-23)15-7-13(3-5-17(15)32-21)8-16(29)14-4-6-18-19(9-14)34-24(25,26)33-18/h3-7,9H,8,10-12H2,1-2H3,(H2,27,28). The molecule has 2 N–H and O–H groups in total. The monoisotopic (exact) mass is 472 g/mol. The molecule has 8 nitrogen and oxygen atoms in total. The lowest BCUT2D eigenvalue weighted by molar-refractivity contribution is -0.286. The summed E-state index contributed by atoms with van der Waals surface area (Å²) in [4.78, 5) is 17.7. The van der Waals surface area contributed by atoms with Gasteiger partial charge < -0.3 is 29.4 Å². The van der Waals surface area contributed by atoms with Crippen molar-refractivity contribution in [2.45, 2.75) is 37.7 Å². The molecule has 10 heteroatoms. The fourth-order valence-corrected chi connectivity index (χ4v) is 5.34. The van der Waals surface area contributed by atoms with Crippen molar-refractivity contribution in [2.24, 2.45) is 16.1 Å². The molecule has 0 amide bonds. The van der Waals surface area contributed by atoms with Gasteiger partial charge in [-0.15, -0.1) is 8.78 Å². The molecule has 2 aromatic rings. The first kappa shape index (κ1) is 21.2. The van der Waals surface area contributed by atoms with E-state index >= 15 is 0 Å². The molecule has 6 rings (SSSR count). The van der Waals surface area contributed by atoms with Gasteiger partial charge in [0.05, 0.1) is 18.6 Å². The molecule has 178 valence electrons. The number of Topliss-reactive ketones (excluding diaryl/α,β-unsaturated/α-hetero) is 1. The average molecular weight is 472 g/mol. The number of ether oxygens (including phenoxy) is 5. The topological polar surface area (TPSA) is 102 Å². The Bertz CT molecular complexity index is 1260. The second-order valence-electron chi connectivity index (χ2n) is 9.55. The average Bonchev–Trinajstić information content (AvgIpc) is 3.25. The van der Waals surface area contributed by atoms with E-state index in [1.807, 2.05) is 26.0 Å². The minimum atomic E-state index is -3.74. The number of hydrogen-bond acceptors (Lipinski definition) is 8. The summed E-state index contributed by atoms with van der Waals surface area (Å²) >= 11 is 0. The number of benzene rings is 2. The van der Waals surface area contributed by atoms with Crippen LogP contribution < -0.4 is 19.9 Å². The molecule has 0 saturated carbocycles. The lowest BCUT2D eigenvalue weighted by Crippen LogP contribution is -2.71. The van der Waals surface area contributed by atoms with Gasteiger partial charge in [-0.2, -0.15) is 0 Å². The van der Waals surface area contributed by atoms with Crippen LogP contribution in [0, 0.1) is 5.41 Å². The second-order valence-corrected chi connectivity index (χ2v) is 9.55. The van der Waals surface area contributed by atoms with Gasteiger partial charge in [0.1, 0.15) is 23.5 Å². The molecule has 1 fully saturated rings. The lowest BCUT2D eigenvalue weighted by Gasteiger charge is -2.61. The summed E-state index contributed by atoms with van der Waals surface area (Å²) in [6.07, 6.45) is -3.70. The number of carbonyl (C=O) groups is 1. The molecule has 34 heavy (non-hydrogen) atoms. The lowest BCUT2D eigenvalue weighted by atomic mass is 9.55. The van der Waals surface area contributed by atoms with Crippen LogP contribution in [0.1, 0.15) is 35.3 Å². The Hall–Kier alpha value is -3.40. The molecule has 0 bridgehead atoms. The zero-order valence-corrected chi connectivity index (χ0v) is 18.5. The van der Waals surface area contributed by atoms with Crippen LogP contribution in [-0.2, 0) is 21.4 Å². The van der Waals surface area contributed by atoms with E-state index in [0.29, 0.717) is 24.5 Å². The van der Waals surface area contributed by atoms with E-state index in [9.17, 15) is 13.6 Å². The fraction of sp³-hybridized carbons (Fsp3) is 0.417. The maximum Gasteiger partial charge on any atom is 0.586 e.